The molecule has 1 atom stereocenters. The molecule has 1 saturated heterocycles. The summed E-state index contributed by atoms with van der Waals surface area (Å²) >= 11 is 0. The van der Waals surface area contributed by atoms with Crippen molar-refractivity contribution in [1.82, 2.24) is 15.1 Å². The van der Waals surface area contributed by atoms with E-state index >= 15 is 0 Å². The van der Waals surface area contributed by atoms with Gasteiger partial charge in [-0.15, -0.1) is 0 Å². The van der Waals surface area contributed by atoms with E-state index in [-0.39, 0.29) is 11.4 Å². The third kappa shape index (κ3) is 2.22. The first-order valence-corrected chi connectivity index (χ1v) is 8.66. The minimum atomic E-state index is 0.00416. The van der Waals surface area contributed by atoms with Gasteiger partial charge in [0.25, 0.3) is 0 Å². The lowest BCUT2D eigenvalue weighted by Crippen LogP contribution is -2.68. The molecule has 1 aromatic heterocycles. The highest BCUT2D eigenvalue weighted by Crippen LogP contribution is 2.50. The topological polar surface area (TPSA) is 61.0 Å². The minimum Gasteiger partial charge on any atom is -0.320 e. The van der Waals surface area contributed by atoms with Gasteiger partial charge in [0.05, 0.1) is 11.7 Å². The highest BCUT2D eigenvalue weighted by molar-refractivity contribution is 5.94. The van der Waals surface area contributed by atoms with Crippen molar-refractivity contribution in [3.05, 3.63) is 36.0 Å². The number of aromatic amines is 1. The number of aromatic nitrogens is 2. The van der Waals surface area contributed by atoms with Crippen LogP contribution in [0, 0.1) is 18.3 Å². The molecule has 2 amide bonds. The number of rotatable bonds is 2. The normalized spacial score (nSPS) is 21.7. The van der Waals surface area contributed by atoms with E-state index in [1.807, 2.05) is 30.2 Å². The monoisotopic (exact) mass is 324 g/mol. The van der Waals surface area contributed by atoms with Crippen LogP contribution >= 0.6 is 0 Å². The predicted octanol–water partition coefficient (Wildman–Crippen LogP) is 4.08. The number of nitrogens with zero attached hydrogens (tertiary/aromatic N) is 2. The highest BCUT2D eigenvalue weighted by atomic mass is 16.2. The second-order valence-electron chi connectivity index (χ2n) is 7.61. The van der Waals surface area contributed by atoms with Gasteiger partial charge in [-0.3, -0.25) is 5.10 Å². The summed E-state index contributed by atoms with van der Waals surface area (Å²) in [5.41, 5.74) is 3.15. The predicted molar refractivity (Wildman–Crippen MR) is 96.0 cm³/mol. The van der Waals surface area contributed by atoms with Crippen LogP contribution in [-0.4, -0.2) is 33.7 Å². The van der Waals surface area contributed by atoms with Crippen LogP contribution in [0.3, 0.4) is 0 Å². The molecule has 1 aromatic carbocycles. The molecule has 1 unspecified atom stereocenters. The SMILES string of the molecule is Cc1cc(NC(=O)N2CC3(CC=CC3)C2C(C)C)cc2[nH]ncc12. The van der Waals surface area contributed by atoms with E-state index in [9.17, 15) is 4.79 Å². The Bertz CT molecular complexity index is 812. The van der Waals surface area contributed by atoms with E-state index in [1.165, 1.54) is 0 Å². The van der Waals surface area contributed by atoms with Crippen molar-refractivity contribution in [2.24, 2.45) is 11.3 Å². The molecule has 5 nitrogen and oxygen atoms in total. The fourth-order valence-corrected chi connectivity index (χ4v) is 4.60. The maximum atomic E-state index is 12.8. The Morgan fingerprint density at radius 2 is 2.12 bits per heavy atom. The van der Waals surface area contributed by atoms with Gasteiger partial charge in [0.1, 0.15) is 0 Å². The van der Waals surface area contributed by atoms with Gasteiger partial charge in [-0.1, -0.05) is 26.0 Å². The number of carbonyl (C=O) groups excluding carboxylic acids is 1. The van der Waals surface area contributed by atoms with Crippen LogP contribution in [0.25, 0.3) is 10.9 Å². The molecule has 2 heterocycles. The Morgan fingerprint density at radius 1 is 1.38 bits per heavy atom. The van der Waals surface area contributed by atoms with E-state index in [4.69, 9.17) is 0 Å². The summed E-state index contributed by atoms with van der Waals surface area (Å²) in [4.78, 5) is 14.8. The molecule has 0 saturated carbocycles. The number of aryl methyl sites for hydroxylation is 1. The van der Waals surface area contributed by atoms with Gasteiger partial charge in [0.2, 0.25) is 0 Å². The molecular formula is C19H24N4O. The molecule has 2 aliphatic rings. The van der Waals surface area contributed by atoms with Gasteiger partial charge in [0.15, 0.2) is 0 Å². The molecule has 1 spiro atoms. The van der Waals surface area contributed by atoms with Crippen LogP contribution in [0.4, 0.5) is 10.5 Å². The third-order valence-electron chi connectivity index (χ3n) is 5.57. The second-order valence-corrected chi connectivity index (χ2v) is 7.61. The Balaban J connectivity index is 1.53. The molecule has 2 N–H and O–H groups in total. The van der Waals surface area contributed by atoms with E-state index in [2.05, 4.69) is 41.5 Å². The smallest absolute Gasteiger partial charge is 0.320 e. The summed E-state index contributed by atoms with van der Waals surface area (Å²) in [5, 5.41) is 11.2. The van der Waals surface area contributed by atoms with Gasteiger partial charge in [0, 0.05) is 29.1 Å². The third-order valence-corrected chi connectivity index (χ3v) is 5.57. The van der Waals surface area contributed by atoms with Gasteiger partial charge in [-0.2, -0.15) is 5.10 Å². The number of amides is 2. The zero-order valence-electron chi connectivity index (χ0n) is 14.5. The lowest BCUT2D eigenvalue weighted by Gasteiger charge is -2.58. The Kier molecular flexibility index (Phi) is 3.41. The van der Waals surface area contributed by atoms with Crippen molar-refractivity contribution in [1.29, 1.82) is 0 Å². The second kappa shape index (κ2) is 5.36. The minimum absolute atomic E-state index is 0.00416. The van der Waals surface area contributed by atoms with Crippen LogP contribution in [0.15, 0.2) is 30.5 Å². The van der Waals surface area contributed by atoms with E-state index in [0.717, 1.165) is 41.5 Å². The molecule has 1 fully saturated rings. The van der Waals surface area contributed by atoms with Crippen molar-refractivity contribution in [2.45, 2.75) is 39.7 Å². The molecule has 126 valence electrons. The summed E-state index contributed by atoms with van der Waals surface area (Å²) in [6.45, 7) is 7.31. The highest BCUT2D eigenvalue weighted by Gasteiger charge is 2.55. The van der Waals surface area contributed by atoms with Crippen molar-refractivity contribution in [3.63, 3.8) is 0 Å². The molecule has 24 heavy (non-hydrogen) atoms. The Hall–Kier alpha value is -2.30. The van der Waals surface area contributed by atoms with Crippen LogP contribution in [0.1, 0.15) is 32.3 Å². The largest absolute Gasteiger partial charge is 0.322 e. The van der Waals surface area contributed by atoms with Crippen molar-refractivity contribution >= 4 is 22.6 Å². The molecule has 0 bridgehead atoms. The van der Waals surface area contributed by atoms with Crippen molar-refractivity contribution < 1.29 is 4.79 Å². The lowest BCUT2D eigenvalue weighted by atomic mass is 9.65. The first-order chi connectivity index (χ1) is 11.5. The number of hydrogen-bond donors (Lipinski definition) is 2. The molecular weight excluding hydrogens is 300 g/mol. The number of H-pyrrole nitrogens is 1. The quantitative estimate of drug-likeness (QED) is 0.818. The first kappa shape index (κ1) is 15.2. The van der Waals surface area contributed by atoms with E-state index < -0.39 is 0 Å². The average molecular weight is 324 g/mol. The molecule has 1 aliphatic heterocycles. The number of nitrogens with one attached hydrogen (secondary N) is 2. The number of carbonyl (C=O) groups is 1. The number of fused-ring (bicyclic) bond motifs is 1. The molecule has 5 heteroatoms. The number of likely N-dealkylation sites (tertiary alicyclic amines) is 1. The average Bonchev–Trinajstić information content (AvgIpc) is 3.14. The summed E-state index contributed by atoms with van der Waals surface area (Å²) in [6, 6.07) is 4.27. The fraction of sp³-hybridized carbons (Fsp3) is 0.474. The molecule has 4 rings (SSSR count). The van der Waals surface area contributed by atoms with Crippen LogP contribution in [0.5, 0.6) is 0 Å². The van der Waals surface area contributed by atoms with E-state index in [1.54, 1.807) is 0 Å². The maximum Gasteiger partial charge on any atom is 0.322 e. The Labute approximate surface area is 142 Å². The lowest BCUT2D eigenvalue weighted by molar-refractivity contribution is -0.0538. The first-order valence-electron chi connectivity index (χ1n) is 8.66. The summed E-state index contributed by atoms with van der Waals surface area (Å²) in [7, 11) is 0. The van der Waals surface area contributed by atoms with Crippen LogP contribution in [-0.2, 0) is 0 Å². The molecule has 2 aromatic rings. The Morgan fingerprint density at radius 3 is 2.83 bits per heavy atom. The number of hydrogen-bond acceptors (Lipinski definition) is 2. The zero-order chi connectivity index (χ0) is 16.9. The zero-order valence-corrected chi connectivity index (χ0v) is 14.5. The summed E-state index contributed by atoms with van der Waals surface area (Å²) < 4.78 is 0. The number of allylic oxidation sites excluding steroid dienone is 2. The number of benzene rings is 1. The van der Waals surface area contributed by atoms with Gasteiger partial charge in [-0.05, 0) is 43.4 Å². The summed E-state index contributed by atoms with van der Waals surface area (Å²) in [5.74, 6) is 0.459. The van der Waals surface area contributed by atoms with Crippen molar-refractivity contribution in [3.8, 4) is 0 Å². The van der Waals surface area contributed by atoms with Crippen LogP contribution < -0.4 is 5.32 Å². The van der Waals surface area contributed by atoms with E-state index in [0.29, 0.717) is 12.0 Å². The van der Waals surface area contributed by atoms with Gasteiger partial charge < -0.3 is 10.2 Å². The molecule has 0 radical (unpaired) electrons. The molecule has 1 aliphatic carbocycles. The van der Waals surface area contributed by atoms with Crippen molar-refractivity contribution in [2.75, 3.05) is 11.9 Å². The van der Waals surface area contributed by atoms with Gasteiger partial charge in [-0.25, -0.2) is 4.79 Å². The van der Waals surface area contributed by atoms with Crippen LogP contribution in [0.2, 0.25) is 0 Å². The standard InChI is InChI=1S/C19H24N4O/c1-12(2)17-19(6-4-5-7-19)11-23(17)18(24)21-14-8-13(3)15-10-20-22-16(15)9-14/h4-5,8-10,12,17H,6-7,11H2,1-3H3,(H,20,22)(H,21,24). The maximum absolute atomic E-state index is 12.8. The fourth-order valence-electron chi connectivity index (χ4n) is 4.60. The number of anilines is 1. The number of urea groups is 1. The van der Waals surface area contributed by atoms with Gasteiger partial charge >= 0.3 is 6.03 Å². The summed E-state index contributed by atoms with van der Waals surface area (Å²) in [6.07, 6.45) is 8.54.